The Hall–Kier alpha value is -1.35. The van der Waals surface area contributed by atoms with E-state index in [1.807, 2.05) is 25.1 Å². The first-order chi connectivity index (χ1) is 7.66. The summed E-state index contributed by atoms with van der Waals surface area (Å²) in [6.45, 7) is 1.83. The maximum Gasteiger partial charge on any atom is 0.346 e. The molecule has 1 heterocycles. The fourth-order valence-electron chi connectivity index (χ4n) is 2.36. The van der Waals surface area contributed by atoms with E-state index in [9.17, 15) is 4.79 Å². The number of esters is 1. The van der Waals surface area contributed by atoms with Crippen molar-refractivity contribution in [3.8, 4) is 5.75 Å². The van der Waals surface area contributed by atoms with E-state index in [1.165, 1.54) is 0 Å². The van der Waals surface area contributed by atoms with Gasteiger partial charge in [-0.2, -0.15) is 0 Å². The molecule has 0 bridgehead atoms. The van der Waals surface area contributed by atoms with Gasteiger partial charge in [-0.1, -0.05) is 18.2 Å². The van der Waals surface area contributed by atoms with Crippen LogP contribution in [0.4, 0.5) is 0 Å². The maximum absolute atomic E-state index is 12.0. The second-order valence-electron chi connectivity index (χ2n) is 4.69. The minimum absolute atomic E-state index is 0.196. The predicted octanol–water partition coefficient (Wildman–Crippen LogP) is 2.30. The van der Waals surface area contributed by atoms with Crippen LogP contribution >= 0.6 is 0 Å². The Labute approximate surface area is 94.4 Å². The van der Waals surface area contributed by atoms with E-state index in [2.05, 4.69) is 0 Å². The Morgan fingerprint density at radius 1 is 1.31 bits per heavy atom. The van der Waals surface area contributed by atoms with Crippen molar-refractivity contribution in [1.82, 2.24) is 0 Å². The molecule has 1 atom stereocenters. The summed E-state index contributed by atoms with van der Waals surface area (Å²) in [5, 5.41) is 0. The lowest BCUT2D eigenvalue weighted by Gasteiger charge is -2.24. The Morgan fingerprint density at radius 2 is 2.00 bits per heavy atom. The predicted molar refractivity (Wildman–Crippen MR) is 58.1 cm³/mol. The van der Waals surface area contributed by atoms with Crippen molar-refractivity contribution in [2.24, 2.45) is 0 Å². The lowest BCUT2D eigenvalue weighted by molar-refractivity contribution is -0.139. The second kappa shape index (κ2) is 3.08. The van der Waals surface area contributed by atoms with Gasteiger partial charge in [-0.3, -0.25) is 0 Å². The minimum Gasteiger partial charge on any atom is -0.424 e. The maximum atomic E-state index is 12.0. The van der Waals surface area contributed by atoms with Crippen molar-refractivity contribution < 1.29 is 14.3 Å². The first-order valence-electron chi connectivity index (χ1n) is 5.64. The largest absolute Gasteiger partial charge is 0.424 e. The molecule has 1 aromatic rings. The van der Waals surface area contributed by atoms with Crippen LogP contribution in [-0.4, -0.2) is 17.2 Å². The molecule has 3 nitrogen and oxygen atoms in total. The summed E-state index contributed by atoms with van der Waals surface area (Å²) in [7, 11) is 0. The van der Waals surface area contributed by atoms with Gasteiger partial charge < -0.3 is 9.47 Å². The van der Waals surface area contributed by atoms with Gasteiger partial charge in [-0.25, -0.2) is 4.79 Å². The lowest BCUT2D eigenvalue weighted by Crippen LogP contribution is -2.38. The van der Waals surface area contributed by atoms with Crippen LogP contribution in [0, 0.1) is 0 Å². The molecule has 3 heteroatoms. The summed E-state index contributed by atoms with van der Waals surface area (Å²) in [4.78, 5) is 12.0. The Morgan fingerprint density at radius 3 is 2.50 bits per heavy atom. The van der Waals surface area contributed by atoms with Crippen molar-refractivity contribution in [2.45, 2.75) is 37.4 Å². The van der Waals surface area contributed by atoms with Gasteiger partial charge in [-0.05, 0) is 38.3 Å². The molecule has 0 amide bonds. The molecule has 1 spiro atoms. The number of ether oxygens (including phenoxy) is 2. The van der Waals surface area contributed by atoms with E-state index in [0.29, 0.717) is 5.75 Å². The van der Waals surface area contributed by atoms with E-state index in [4.69, 9.17) is 9.47 Å². The Kier molecular flexibility index (Phi) is 1.89. The number of hydrogen-bond acceptors (Lipinski definition) is 3. The SMILES string of the molecule is CC1(C(=O)Oc2ccccc2)OC12CCC2. The molecule has 0 N–H and O–H groups in total. The summed E-state index contributed by atoms with van der Waals surface area (Å²) in [5.74, 6) is 0.317. The molecule has 2 aliphatic rings. The Bertz CT molecular complexity index is 422. The highest BCUT2D eigenvalue weighted by atomic mass is 16.7. The minimum atomic E-state index is -0.707. The zero-order valence-corrected chi connectivity index (χ0v) is 9.23. The molecule has 84 valence electrons. The van der Waals surface area contributed by atoms with Crippen LogP contribution in [0.25, 0.3) is 0 Å². The van der Waals surface area contributed by atoms with Crippen LogP contribution in [0.3, 0.4) is 0 Å². The zero-order valence-electron chi connectivity index (χ0n) is 9.23. The molecule has 3 rings (SSSR count). The van der Waals surface area contributed by atoms with Crippen LogP contribution in [-0.2, 0) is 9.53 Å². The highest BCUT2D eigenvalue weighted by Gasteiger charge is 2.74. The van der Waals surface area contributed by atoms with Crippen LogP contribution < -0.4 is 4.74 Å². The standard InChI is InChI=1S/C13H14O3/c1-12(13(16-12)8-5-9-13)11(14)15-10-6-3-2-4-7-10/h2-4,6-7H,5,8-9H2,1H3. The van der Waals surface area contributed by atoms with Gasteiger partial charge in [0.2, 0.25) is 0 Å². The number of carbonyl (C=O) groups excluding carboxylic acids is 1. The van der Waals surface area contributed by atoms with Gasteiger partial charge in [0.1, 0.15) is 11.4 Å². The molecule has 1 unspecified atom stereocenters. The van der Waals surface area contributed by atoms with Crippen molar-refractivity contribution in [3.63, 3.8) is 0 Å². The molecule has 0 aromatic heterocycles. The fraction of sp³-hybridized carbons (Fsp3) is 0.462. The topological polar surface area (TPSA) is 38.8 Å². The molecule has 1 aromatic carbocycles. The summed E-state index contributed by atoms with van der Waals surface area (Å²) in [6, 6.07) is 9.13. The van der Waals surface area contributed by atoms with E-state index < -0.39 is 5.60 Å². The third kappa shape index (κ3) is 1.21. The van der Waals surface area contributed by atoms with Gasteiger partial charge in [0.15, 0.2) is 5.60 Å². The van der Waals surface area contributed by atoms with Gasteiger partial charge in [0.05, 0.1) is 0 Å². The van der Waals surface area contributed by atoms with Crippen molar-refractivity contribution in [3.05, 3.63) is 30.3 Å². The number of epoxide rings is 1. The summed E-state index contributed by atoms with van der Waals surface area (Å²) < 4.78 is 10.9. The highest BCUT2D eigenvalue weighted by molar-refractivity contribution is 5.86. The molecule has 1 saturated heterocycles. The van der Waals surface area contributed by atoms with Gasteiger partial charge in [0.25, 0.3) is 0 Å². The smallest absolute Gasteiger partial charge is 0.346 e. The van der Waals surface area contributed by atoms with Crippen molar-refractivity contribution in [2.75, 3.05) is 0 Å². The van der Waals surface area contributed by atoms with Crippen molar-refractivity contribution in [1.29, 1.82) is 0 Å². The average Bonchev–Trinajstić information content (AvgIpc) is 2.89. The van der Waals surface area contributed by atoms with E-state index in [1.54, 1.807) is 12.1 Å². The molecular formula is C13H14O3. The van der Waals surface area contributed by atoms with Gasteiger partial charge >= 0.3 is 5.97 Å². The molecule has 1 aliphatic heterocycles. The number of para-hydroxylation sites is 1. The van der Waals surface area contributed by atoms with E-state index in [-0.39, 0.29) is 11.6 Å². The molecule has 16 heavy (non-hydrogen) atoms. The number of rotatable bonds is 2. The third-order valence-corrected chi connectivity index (χ3v) is 3.73. The normalized spacial score (nSPS) is 29.6. The average molecular weight is 218 g/mol. The van der Waals surface area contributed by atoms with E-state index >= 15 is 0 Å². The fourth-order valence-corrected chi connectivity index (χ4v) is 2.36. The second-order valence-corrected chi connectivity index (χ2v) is 4.69. The first kappa shape index (κ1) is 9.85. The number of benzene rings is 1. The van der Waals surface area contributed by atoms with Crippen LogP contribution in [0.15, 0.2) is 30.3 Å². The summed E-state index contributed by atoms with van der Waals surface area (Å²) >= 11 is 0. The zero-order chi connectivity index (χ0) is 11.2. The van der Waals surface area contributed by atoms with Crippen molar-refractivity contribution >= 4 is 5.97 Å². The third-order valence-electron chi connectivity index (χ3n) is 3.73. The van der Waals surface area contributed by atoms with Crippen LogP contribution in [0.1, 0.15) is 26.2 Å². The summed E-state index contributed by atoms with van der Waals surface area (Å²) in [6.07, 6.45) is 3.11. The van der Waals surface area contributed by atoms with Crippen LogP contribution in [0.2, 0.25) is 0 Å². The quantitative estimate of drug-likeness (QED) is 0.434. The first-order valence-corrected chi connectivity index (χ1v) is 5.64. The van der Waals surface area contributed by atoms with Gasteiger partial charge in [0, 0.05) is 0 Å². The van der Waals surface area contributed by atoms with Gasteiger partial charge in [-0.15, -0.1) is 0 Å². The highest BCUT2D eigenvalue weighted by Crippen LogP contribution is 2.60. The summed E-state index contributed by atoms with van der Waals surface area (Å²) in [5.41, 5.74) is -0.903. The van der Waals surface area contributed by atoms with Crippen LogP contribution in [0.5, 0.6) is 5.75 Å². The molecule has 0 radical (unpaired) electrons. The molecule has 1 saturated carbocycles. The number of carbonyl (C=O) groups is 1. The monoisotopic (exact) mass is 218 g/mol. The van der Waals surface area contributed by atoms with E-state index in [0.717, 1.165) is 19.3 Å². The number of hydrogen-bond donors (Lipinski definition) is 0. The molecule has 2 fully saturated rings. The molecular weight excluding hydrogens is 204 g/mol. The Balaban J connectivity index is 1.71. The lowest BCUT2D eigenvalue weighted by atomic mass is 9.76. The molecule has 1 aliphatic carbocycles.